The van der Waals surface area contributed by atoms with E-state index in [1.165, 1.54) is 25.0 Å². The van der Waals surface area contributed by atoms with Gasteiger partial charge in [0.2, 0.25) is 0 Å². The molecule has 0 unspecified atom stereocenters. The topological polar surface area (TPSA) is 40.0 Å². The molecule has 0 saturated heterocycles. The average molecular weight is 269 g/mol. The highest BCUT2D eigenvalue weighted by Gasteiger charge is 1.94. The van der Waals surface area contributed by atoms with Gasteiger partial charge in [-0.15, -0.1) is 0 Å². The summed E-state index contributed by atoms with van der Waals surface area (Å²) in [7, 11) is 0. The summed E-state index contributed by atoms with van der Waals surface area (Å²) in [6.07, 6.45) is 14.5. The summed E-state index contributed by atoms with van der Waals surface area (Å²) >= 11 is 0. The lowest BCUT2D eigenvalue weighted by molar-refractivity contribution is 0.266. The molecule has 0 atom stereocenters. The Morgan fingerprint density at radius 1 is 0.900 bits per heavy atom. The van der Waals surface area contributed by atoms with Crippen LogP contribution in [0.5, 0.6) is 0 Å². The number of nitrogens with zero attached hydrogens (tertiary/aromatic N) is 1. The van der Waals surface area contributed by atoms with E-state index in [-0.39, 0.29) is 0 Å². The van der Waals surface area contributed by atoms with Gasteiger partial charge in [0.05, 0.1) is 11.9 Å². The second-order valence-electron chi connectivity index (χ2n) is 3.72. The first-order chi connectivity index (χ1) is 9.97. The van der Waals surface area contributed by atoms with E-state index in [4.69, 9.17) is 14.2 Å². The Hall–Kier alpha value is -2.75. The molecule has 1 aromatic carbocycles. The molecule has 2 rings (SSSR count). The SMILES string of the molecule is C1=CCOC=COC=COC=Cc2ccccc2N=C1. The quantitative estimate of drug-likeness (QED) is 0.716. The molecule has 0 spiro atoms. The summed E-state index contributed by atoms with van der Waals surface area (Å²) in [5.74, 6) is 0. The van der Waals surface area contributed by atoms with E-state index in [0.29, 0.717) is 6.61 Å². The molecular formula is C16H15NO3. The lowest BCUT2D eigenvalue weighted by atomic mass is 10.2. The summed E-state index contributed by atoms with van der Waals surface area (Å²) in [6, 6.07) is 7.79. The maximum Gasteiger partial charge on any atom is 0.125 e. The molecule has 20 heavy (non-hydrogen) atoms. The molecule has 0 amide bonds. The summed E-state index contributed by atoms with van der Waals surface area (Å²) in [5.41, 5.74) is 1.83. The molecule has 1 aliphatic rings. The van der Waals surface area contributed by atoms with Gasteiger partial charge in [0.15, 0.2) is 0 Å². The third-order valence-corrected chi connectivity index (χ3v) is 2.33. The Kier molecular flexibility index (Phi) is 5.72. The van der Waals surface area contributed by atoms with Crippen molar-refractivity contribution in [2.24, 2.45) is 4.99 Å². The monoisotopic (exact) mass is 269 g/mol. The van der Waals surface area contributed by atoms with Gasteiger partial charge in [0.1, 0.15) is 31.7 Å². The van der Waals surface area contributed by atoms with Gasteiger partial charge in [0.25, 0.3) is 0 Å². The second kappa shape index (κ2) is 8.37. The minimum atomic E-state index is 0.452. The van der Waals surface area contributed by atoms with E-state index in [1.54, 1.807) is 12.5 Å². The van der Waals surface area contributed by atoms with Gasteiger partial charge in [-0.05, 0) is 24.3 Å². The third-order valence-electron chi connectivity index (χ3n) is 2.33. The smallest absolute Gasteiger partial charge is 0.125 e. The van der Waals surface area contributed by atoms with E-state index in [1.807, 2.05) is 42.5 Å². The van der Waals surface area contributed by atoms with Crippen molar-refractivity contribution in [1.29, 1.82) is 0 Å². The fraction of sp³-hybridized carbons (Fsp3) is 0.0625. The van der Waals surface area contributed by atoms with Gasteiger partial charge in [-0.1, -0.05) is 18.2 Å². The highest BCUT2D eigenvalue weighted by atomic mass is 16.5. The Balaban J connectivity index is 2.16. The summed E-state index contributed by atoms with van der Waals surface area (Å²) in [6.45, 7) is 0.452. The zero-order valence-corrected chi connectivity index (χ0v) is 10.9. The van der Waals surface area contributed by atoms with Crippen molar-refractivity contribution in [2.45, 2.75) is 0 Å². The highest BCUT2D eigenvalue weighted by Crippen LogP contribution is 2.19. The van der Waals surface area contributed by atoms with E-state index in [9.17, 15) is 0 Å². The van der Waals surface area contributed by atoms with E-state index in [0.717, 1.165) is 11.3 Å². The Morgan fingerprint density at radius 3 is 2.65 bits per heavy atom. The molecule has 0 fully saturated rings. The van der Waals surface area contributed by atoms with Crippen molar-refractivity contribution >= 4 is 18.0 Å². The third kappa shape index (κ3) is 4.86. The van der Waals surface area contributed by atoms with Crippen LogP contribution in [0.4, 0.5) is 5.69 Å². The molecule has 0 aliphatic carbocycles. The molecule has 0 N–H and O–H groups in total. The number of rotatable bonds is 0. The Morgan fingerprint density at radius 2 is 1.70 bits per heavy atom. The van der Waals surface area contributed by atoms with Crippen LogP contribution in [0.3, 0.4) is 0 Å². The molecule has 4 nitrogen and oxygen atoms in total. The minimum absolute atomic E-state index is 0.452. The lowest BCUT2D eigenvalue weighted by Crippen LogP contribution is -1.82. The van der Waals surface area contributed by atoms with Crippen molar-refractivity contribution in [3.8, 4) is 0 Å². The Labute approximate surface area is 118 Å². The first-order valence-electron chi connectivity index (χ1n) is 6.14. The molecule has 0 aromatic heterocycles. The van der Waals surface area contributed by atoms with Crippen LogP contribution in [0.25, 0.3) is 6.08 Å². The second-order valence-corrected chi connectivity index (χ2v) is 3.72. The number of fused-ring (bicyclic) bond motifs is 1. The van der Waals surface area contributed by atoms with Crippen molar-refractivity contribution < 1.29 is 14.2 Å². The molecular weight excluding hydrogens is 254 g/mol. The van der Waals surface area contributed by atoms with Crippen LogP contribution in [0.1, 0.15) is 5.56 Å². The molecule has 1 heterocycles. The molecule has 4 heteroatoms. The van der Waals surface area contributed by atoms with Crippen LogP contribution in [0.2, 0.25) is 0 Å². The Bertz CT molecular complexity index is 557. The predicted octanol–water partition coefficient (Wildman–Crippen LogP) is 3.92. The van der Waals surface area contributed by atoms with E-state index < -0.39 is 0 Å². The number of hydrogen-bond acceptors (Lipinski definition) is 4. The van der Waals surface area contributed by atoms with Gasteiger partial charge >= 0.3 is 0 Å². The number of ether oxygens (including phenoxy) is 3. The number of hydrogen-bond donors (Lipinski definition) is 0. The largest absolute Gasteiger partial charge is 0.494 e. The number of aliphatic imine (C=N–C) groups is 1. The molecule has 0 bridgehead atoms. The molecule has 1 aliphatic heterocycles. The minimum Gasteiger partial charge on any atom is -0.494 e. The molecule has 102 valence electrons. The van der Waals surface area contributed by atoms with E-state index in [2.05, 4.69) is 4.99 Å². The summed E-state index contributed by atoms with van der Waals surface area (Å²) < 4.78 is 15.3. The lowest BCUT2D eigenvalue weighted by Gasteiger charge is -1.99. The fourth-order valence-corrected chi connectivity index (χ4v) is 1.44. The van der Waals surface area contributed by atoms with Crippen molar-refractivity contribution in [2.75, 3.05) is 6.61 Å². The van der Waals surface area contributed by atoms with Crippen LogP contribution in [0, 0.1) is 0 Å². The van der Waals surface area contributed by atoms with Crippen molar-refractivity contribution in [1.82, 2.24) is 0 Å². The summed E-state index contributed by atoms with van der Waals surface area (Å²) in [4.78, 5) is 4.38. The first kappa shape index (κ1) is 13.7. The number of benzene rings is 1. The van der Waals surface area contributed by atoms with Gasteiger partial charge in [-0.25, -0.2) is 0 Å². The number of para-hydroxylation sites is 1. The maximum absolute atomic E-state index is 5.16. The standard InChI is InChI=1S/C16H15NO3/c1-2-6-16-15(5-1)7-10-19-12-14-20-13-11-18-9-4-3-8-17-16/h1-8,10-14H,9H2. The normalized spacial score (nSPS) is 15.0. The highest BCUT2D eigenvalue weighted by molar-refractivity contribution is 5.77. The molecule has 0 radical (unpaired) electrons. The average Bonchev–Trinajstić information content (AvgIpc) is 2.47. The van der Waals surface area contributed by atoms with Gasteiger partial charge in [0, 0.05) is 11.8 Å². The van der Waals surface area contributed by atoms with E-state index >= 15 is 0 Å². The predicted molar refractivity (Wildman–Crippen MR) is 79.2 cm³/mol. The van der Waals surface area contributed by atoms with Gasteiger partial charge < -0.3 is 14.2 Å². The van der Waals surface area contributed by atoms with Crippen molar-refractivity contribution in [3.63, 3.8) is 0 Å². The zero-order chi connectivity index (χ0) is 13.9. The van der Waals surface area contributed by atoms with Gasteiger partial charge in [-0.3, -0.25) is 4.99 Å². The fourth-order valence-electron chi connectivity index (χ4n) is 1.44. The summed E-state index contributed by atoms with van der Waals surface area (Å²) in [5, 5.41) is 0. The van der Waals surface area contributed by atoms with Crippen LogP contribution in [-0.4, -0.2) is 12.8 Å². The van der Waals surface area contributed by atoms with Crippen LogP contribution >= 0.6 is 0 Å². The zero-order valence-electron chi connectivity index (χ0n) is 10.9. The number of allylic oxidation sites excluding steroid dienone is 1. The van der Waals surface area contributed by atoms with Crippen molar-refractivity contribution in [3.05, 3.63) is 73.3 Å². The van der Waals surface area contributed by atoms with Crippen LogP contribution < -0.4 is 0 Å². The van der Waals surface area contributed by atoms with Crippen LogP contribution in [0.15, 0.2) is 72.7 Å². The van der Waals surface area contributed by atoms with Crippen LogP contribution in [-0.2, 0) is 14.2 Å². The van der Waals surface area contributed by atoms with Gasteiger partial charge in [-0.2, -0.15) is 0 Å². The molecule has 0 saturated carbocycles. The molecule has 1 aromatic rings. The first-order valence-corrected chi connectivity index (χ1v) is 6.14. The maximum atomic E-state index is 5.16.